The van der Waals surface area contributed by atoms with Gasteiger partial charge < -0.3 is 14.7 Å². The first-order valence-corrected chi connectivity index (χ1v) is 9.72. The van der Waals surface area contributed by atoms with Crippen molar-refractivity contribution in [2.75, 3.05) is 31.2 Å². The first-order valence-electron chi connectivity index (χ1n) is 9.35. The van der Waals surface area contributed by atoms with E-state index < -0.39 is 5.97 Å². The predicted molar refractivity (Wildman–Crippen MR) is 111 cm³/mol. The zero-order valence-corrected chi connectivity index (χ0v) is 16.2. The number of hydrogen-bond acceptors (Lipinski definition) is 6. The largest absolute Gasteiger partial charge is 0.477 e. The number of benzene rings is 1. The lowest BCUT2D eigenvalue weighted by Crippen LogP contribution is -2.37. The van der Waals surface area contributed by atoms with E-state index in [2.05, 4.69) is 28.2 Å². The van der Waals surface area contributed by atoms with E-state index in [4.69, 9.17) is 21.3 Å². The number of carbonyl (C=O) groups is 1. The van der Waals surface area contributed by atoms with Gasteiger partial charge in [-0.1, -0.05) is 42.0 Å². The second kappa shape index (κ2) is 7.09. The van der Waals surface area contributed by atoms with E-state index in [-0.39, 0.29) is 10.7 Å². The van der Waals surface area contributed by atoms with Gasteiger partial charge in [0.05, 0.1) is 18.2 Å². The van der Waals surface area contributed by atoms with E-state index in [1.807, 2.05) is 17.0 Å². The molecule has 1 aliphatic heterocycles. The van der Waals surface area contributed by atoms with Crippen LogP contribution in [0.2, 0.25) is 5.02 Å². The normalized spacial score (nSPS) is 15.7. The molecule has 0 spiro atoms. The number of anilines is 1. The highest BCUT2D eigenvalue weighted by atomic mass is 35.5. The van der Waals surface area contributed by atoms with Crippen molar-refractivity contribution in [3.8, 4) is 11.3 Å². The molecule has 1 saturated heterocycles. The lowest BCUT2D eigenvalue weighted by molar-refractivity contribution is 0.0691. The Labute approximate surface area is 171 Å². The molecule has 3 heterocycles. The molecular weight excluding hydrogens is 392 g/mol. The molecule has 5 rings (SSSR count). The van der Waals surface area contributed by atoms with E-state index in [1.165, 1.54) is 11.6 Å². The number of hydrogen-bond donors (Lipinski definition) is 1. The first kappa shape index (κ1) is 18.0. The van der Waals surface area contributed by atoms with Gasteiger partial charge in [-0.2, -0.15) is 0 Å². The van der Waals surface area contributed by atoms with Crippen LogP contribution < -0.4 is 4.90 Å². The van der Waals surface area contributed by atoms with Crippen LogP contribution in [-0.4, -0.2) is 52.3 Å². The molecule has 1 fully saturated rings. The monoisotopic (exact) mass is 408 g/mol. The maximum Gasteiger partial charge on any atom is 0.354 e. The van der Waals surface area contributed by atoms with Crippen LogP contribution >= 0.6 is 11.6 Å². The van der Waals surface area contributed by atoms with Gasteiger partial charge >= 0.3 is 5.97 Å². The lowest BCUT2D eigenvalue weighted by Gasteiger charge is -2.27. The van der Waals surface area contributed by atoms with Crippen molar-refractivity contribution in [3.05, 3.63) is 52.2 Å². The third-order valence-electron chi connectivity index (χ3n) is 5.18. The Morgan fingerprint density at radius 2 is 1.97 bits per heavy atom. The molecule has 0 radical (unpaired) electrons. The number of pyridine rings is 1. The second-order valence-corrected chi connectivity index (χ2v) is 7.36. The summed E-state index contributed by atoms with van der Waals surface area (Å²) in [7, 11) is 0. The summed E-state index contributed by atoms with van der Waals surface area (Å²) in [6.07, 6.45) is 5.02. The minimum atomic E-state index is -1.14. The number of allylic oxidation sites excluding steroid dienone is 1. The molecule has 1 aromatic carbocycles. The number of carboxylic acids is 1. The fourth-order valence-corrected chi connectivity index (χ4v) is 3.99. The fraction of sp³-hybridized carbons (Fsp3) is 0.238. The number of nitrogens with zero attached hydrogens (tertiary/aromatic N) is 4. The predicted octanol–water partition coefficient (Wildman–Crippen LogP) is 3.45. The number of rotatable bonds is 3. The smallest absolute Gasteiger partial charge is 0.354 e. The Hall–Kier alpha value is -3.03. The van der Waals surface area contributed by atoms with Crippen molar-refractivity contribution >= 4 is 40.6 Å². The molecule has 3 aromatic rings. The van der Waals surface area contributed by atoms with Gasteiger partial charge in [0, 0.05) is 18.7 Å². The van der Waals surface area contributed by atoms with E-state index in [9.17, 15) is 9.90 Å². The molecule has 146 valence electrons. The van der Waals surface area contributed by atoms with Crippen LogP contribution in [0.25, 0.3) is 28.4 Å². The molecular formula is C21H17ClN4O3. The summed E-state index contributed by atoms with van der Waals surface area (Å²) in [5, 5.41) is 9.69. The Morgan fingerprint density at radius 3 is 2.76 bits per heavy atom. The molecule has 0 unspecified atom stereocenters. The van der Waals surface area contributed by atoms with Gasteiger partial charge in [-0.15, -0.1) is 0 Å². The molecule has 7 nitrogen and oxygen atoms in total. The van der Waals surface area contributed by atoms with Crippen molar-refractivity contribution < 1.29 is 14.6 Å². The maximum absolute atomic E-state index is 11.6. The van der Waals surface area contributed by atoms with Crippen LogP contribution in [0.5, 0.6) is 0 Å². The van der Waals surface area contributed by atoms with Crippen LogP contribution in [0, 0.1) is 0 Å². The zero-order chi connectivity index (χ0) is 20.0. The average Bonchev–Trinajstić information content (AvgIpc) is 3.23. The van der Waals surface area contributed by atoms with Crippen LogP contribution in [0.4, 0.5) is 5.95 Å². The minimum absolute atomic E-state index is 0.130. The summed E-state index contributed by atoms with van der Waals surface area (Å²) in [6, 6.07) is 7.37. The average molecular weight is 409 g/mol. The van der Waals surface area contributed by atoms with Crippen molar-refractivity contribution in [1.29, 1.82) is 0 Å². The van der Waals surface area contributed by atoms with Gasteiger partial charge in [-0.05, 0) is 23.6 Å². The Kier molecular flexibility index (Phi) is 4.41. The van der Waals surface area contributed by atoms with Gasteiger partial charge in [0.2, 0.25) is 5.95 Å². The third-order valence-corrected chi connectivity index (χ3v) is 5.47. The number of fused-ring (bicyclic) bond motifs is 2. The number of carboxylic acid groups (broad SMARTS) is 1. The third kappa shape index (κ3) is 3.12. The number of ether oxygens (including phenoxy) is 1. The molecule has 0 saturated carbocycles. The van der Waals surface area contributed by atoms with Gasteiger partial charge in [-0.3, -0.25) is 0 Å². The van der Waals surface area contributed by atoms with Crippen LogP contribution in [0.1, 0.15) is 21.6 Å². The van der Waals surface area contributed by atoms with Gasteiger partial charge in [0.1, 0.15) is 16.7 Å². The van der Waals surface area contributed by atoms with E-state index in [0.717, 1.165) is 17.5 Å². The summed E-state index contributed by atoms with van der Waals surface area (Å²) in [4.78, 5) is 27.4. The molecule has 0 bridgehead atoms. The highest BCUT2D eigenvalue weighted by Gasteiger charge is 2.23. The number of aromatic carboxylic acids is 1. The highest BCUT2D eigenvalue weighted by molar-refractivity contribution is 6.35. The lowest BCUT2D eigenvalue weighted by atomic mass is 9.99. The fourth-order valence-electron chi connectivity index (χ4n) is 3.76. The van der Waals surface area contributed by atoms with Crippen LogP contribution in [0.3, 0.4) is 0 Å². The SMILES string of the molecule is O=C(O)c1cc(Cl)c2nc(N3CCOCC3)nc(-c3cccc4c3C=CC4)c2n1. The number of morpholine rings is 1. The minimum Gasteiger partial charge on any atom is -0.477 e. The highest BCUT2D eigenvalue weighted by Crippen LogP contribution is 2.36. The topological polar surface area (TPSA) is 88.4 Å². The van der Waals surface area contributed by atoms with Gasteiger partial charge in [0.25, 0.3) is 0 Å². The molecule has 2 aromatic heterocycles. The van der Waals surface area contributed by atoms with E-state index >= 15 is 0 Å². The molecule has 0 atom stereocenters. The number of halogens is 1. The summed E-state index contributed by atoms with van der Waals surface area (Å²) in [5.41, 5.74) is 4.45. The van der Waals surface area contributed by atoms with Crippen molar-refractivity contribution in [2.24, 2.45) is 0 Å². The summed E-state index contributed by atoms with van der Waals surface area (Å²) < 4.78 is 5.44. The summed E-state index contributed by atoms with van der Waals surface area (Å²) in [6.45, 7) is 2.56. The second-order valence-electron chi connectivity index (χ2n) is 6.95. The molecule has 8 heteroatoms. The standard InChI is InChI=1S/C21H17ClN4O3/c22-15-11-16(20(27)28)23-19-17(14-6-2-4-12-3-1-5-13(12)14)24-21(25-18(15)19)26-7-9-29-10-8-26/h1-2,4-6,11H,3,7-10H2,(H,27,28). The number of aromatic nitrogens is 3. The molecule has 0 amide bonds. The zero-order valence-electron chi connectivity index (χ0n) is 15.4. The quantitative estimate of drug-likeness (QED) is 0.710. The van der Waals surface area contributed by atoms with E-state index in [0.29, 0.717) is 49.0 Å². The van der Waals surface area contributed by atoms with Crippen molar-refractivity contribution in [1.82, 2.24) is 15.0 Å². The van der Waals surface area contributed by atoms with E-state index in [1.54, 1.807) is 0 Å². The van der Waals surface area contributed by atoms with Gasteiger partial charge in [-0.25, -0.2) is 19.7 Å². The first-order chi connectivity index (χ1) is 14.1. The Balaban J connectivity index is 1.81. The van der Waals surface area contributed by atoms with Crippen molar-refractivity contribution in [2.45, 2.75) is 6.42 Å². The summed E-state index contributed by atoms with van der Waals surface area (Å²) >= 11 is 6.44. The molecule has 29 heavy (non-hydrogen) atoms. The molecule has 2 aliphatic rings. The molecule has 1 N–H and O–H groups in total. The van der Waals surface area contributed by atoms with Gasteiger partial charge in [0.15, 0.2) is 5.69 Å². The Bertz CT molecular complexity index is 1170. The van der Waals surface area contributed by atoms with Crippen molar-refractivity contribution in [3.63, 3.8) is 0 Å². The van der Waals surface area contributed by atoms with Crippen LogP contribution in [0.15, 0.2) is 30.3 Å². The molecule has 1 aliphatic carbocycles. The Morgan fingerprint density at radius 1 is 1.14 bits per heavy atom. The van der Waals surface area contributed by atoms with Crippen LogP contribution in [-0.2, 0) is 11.2 Å². The summed E-state index contributed by atoms with van der Waals surface area (Å²) in [5.74, 6) is -0.600. The maximum atomic E-state index is 11.6.